The number of carbonyl (C=O) groups is 1. The van der Waals surface area contributed by atoms with Gasteiger partial charge in [-0.3, -0.25) is 9.48 Å². The summed E-state index contributed by atoms with van der Waals surface area (Å²) in [7, 11) is 0. The Hall–Kier alpha value is -3.60. The largest absolute Gasteiger partial charge is 0.489 e. The molecule has 5 heteroatoms. The second kappa shape index (κ2) is 9.95. The molecular formula is C30H32N2O3. The third-order valence-corrected chi connectivity index (χ3v) is 7.10. The maximum Gasteiger partial charge on any atom is 0.303 e. The Morgan fingerprint density at radius 1 is 1.06 bits per heavy atom. The van der Waals surface area contributed by atoms with Gasteiger partial charge in [0.05, 0.1) is 18.0 Å². The first kappa shape index (κ1) is 23.2. The molecule has 3 aromatic carbocycles. The summed E-state index contributed by atoms with van der Waals surface area (Å²) in [5, 5.41) is 15.3. The summed E-state index contributed by atoms with van der Waals surface area (Å²) in [5.41, 5.74) is 6.73. The number of nitrogens with zero attached hydrogens (tertiary/aromatic N) is 2. The van der Waals surface area contributed by atoms with Gasteiger partial charge in [0.1, 0.15) is 18.1 Å². The molecule has 5 nitrogen and oxygen atoms in total. The zero-order valence-corrected chi connectivity index (χ0v) is 20.4. The first-order chi connectivity index (χ1) is 17.0. The summed E-state index contributed by atoms with van der Waals surface area (Å²) in [6.45, 7) is 4.50. The number of carboxylic acids is 1. The SMILES string of the molecule is Cc1ccc(-c2nn(C3CCCC3)c3cc(COc4ccc(C(C)CC(=O)O)cc4)ccc23)cc1. The molecule has 1 saturated carbocycles. The van der Waals surface area contributed by atoms with Crippen LogP contribution in [0.25, 0.3) is 22.2 Å². The predicted molar refractivity (Wildman–Crippen MR) is 139 cm³/mol. The fraction of sp³-hybridized carbons (Fsp3) is 0.333. The second-order valence-electron chi connectivity index (χ2n) is 9.81. The third kappa shape index (κ3) is 5.09. The van der Waals surface area contributed by atoms with Crippen LogP contribution in [0.5, 0.6) is 5.75 Å². The van der Waals surface area contributed by atoms with E-state index in [4.69, 9.17) is 14.9 Å². The van der Waals surface area contributed by atoms with E-state index >= 15 is 0 Å². The van der Waals surface area contributed by atoms with Crippen molar-refractivity contribution >= 4 is 16.9 Å². The molecule has 1 atom stereocenters. The van der Waals surface area contributed by atoms with E-state index in [1.165, 1.54) is 42.1 Å². The molecule has 1 aliphatic rings. The van der Waals surface area contributed by atoms with Gasteiger partial charge in [-0.05, 0) is 55.0 Å². The van der Waals surface area contributed by atoms with Crippen molar-refractivity contribution in [3.05, 3.63) is 83.4 Å². The van der Waals surface area contributed by atoms with Crippen LogP contribution in [0.15, 0.2) is 66.7 Å². The molecule has 35 heavy (non-hydrogen) atoms. The summed E-state index contributed by atoms with van der Waals surface area (Å²) in [4.78, 5) is 11.0. The van der Waals surface area contributed by atoms with Crippen LogP contribution < -0.4 is 4.74 Å². The minimum absolute atomic E-state index is 0.0254. The van der Waals surface area contributed by atoms with Crippen LogP contribution in [-0.2, 0) is 11.4 Å². The van der Waals surface area contributed by atoms with Crippen LogP contribution in [0.1, 0.15) is 67.7 Å². The molecule has 0 spiro atoms. The summed E-state index contributed by atoms with van der Waals surface area (Å²) < 4.78 is 8.33. The topological polar surface area (TPSA) is 64.4 Å². The van der Waals surface area contributed by atoms with Gasteiger partial charge in [-0.15, -0.1) is 0 Å². The van der Waals surface area contributed by atoms with E-state index in [-0.39, 0.29) is 12.3 Å². The smallest absolute Gasteiger partial charge is 0.303 e. The number of fused-ring (bicyclic) bond motifs is 1. The van der Waals surface area contributed by atoms with Gasteiger partial charge in [0, 0.05) is 10.9 Å². The molecule has 0 saturated heterocycles. The molecule has 0 radical (unpaired) electrons. The van der Waals surface area contributed by atoms with E-state index in [0.717, 1.165) is 28.1 Å². The minimum Gasteiger partial charge on any atom is -0.489 e. The summed E-state index contributed by atoms with van der Waals surface area (Å²) in [6, 6.07) is 23.3. The first-order valence-electron chi connectivity index (χ1n) is 12.5. The van der Waals surface area contributed by atoms with Crippen molar-refractivity contribution in [1.29, 1.82) is 0 Å². The Bertz CT molecular complexity index is 1320. The van der Waals surface area contributed by atoms with Gasteiger partial charge < -0.3 is 9.84 Å². The van der Waals surface area contributed by atoms with Crippen molar-refractivity contribution in [1.82, 2.24) is 9.78 Å². The third-order valence-electron chi connectivity index (χ3n) is 7.10. The molecule has 1 heterocycles. The van der Waals surface area contributed by atoms with Gasteiger partial charge in [0.25, 0.3) is 0 Å². The number of hydrogen-bond donors (Lipinski definition) is 1. The van der Waals surface area contributed by atoms with Gasteiger partial charge in [0.2, 0.25) is 0 Å². The number of benzene rings is 3. The highest BCUT2D eigenvalue weighted by molar-refractivity contribution is 5.93. The number of hydrogen-bond acceptors (Lipinski definition) is 3. The highest BCUT2D eigenvalue weighted by Gasteiger charge is 2.22. The fourth-order valence-electron chi connectivity index (χ4n) is 5.06. The van der Waals surface area contributed by atoms with Crippen LogP contribution in [0, 0.1) is 6.92 Å². The molecule has 0 aliphatic heterocycles. The summed E-state index contributed by atoms with van der Waals surface area (Å²) in [6.07, 6.45) is 5.00. The lowest BCUT2D eigenvalue weighted by Gasteiger charge is -2.13. The van der Waals surface area contributed by atoms with Gasteiger partial charge >= 0.3 is 5.97 Å². The number of aryl methyl sites for hydroxylation is 1. The van der Waals surface area contributed by atoms with E-state index < -0.39 is 5.97 Å². The Morgan fingerprint density at radius 2 is 1.77 bits per heavy atom. The van der Waals surface area contributed by atoms with Gasteiger partial charge in [-0.1, -0.05) is 73.9 Å². The molecule has 180 valence electrons. The highest BCUT2D eigenvalue weighted by atomic mass is 16.5. The van der Waals surface area contributed by atoms with Crippen LogP contribution in [0.4, 0.5) is 0 Å². The van der Waals surface area contributed by atoms with E-state index in [1.54, 1.807) is 0 Å². The van der Waals surface area contributed by atoms with Crippen LogP contribution in [0.3, 0.4) is 0 Å². The van der Waals surface area contributed by atoms with E-state index in [1.807, 2.05) is 31.2 Å². The van der Waals surface area contributed by atoms with Gasteiger partial charge in [-0.25, -0.2) is 0 Å². The van der Waals surface area contributed by atoms with Crippen molar-refractivity contribution in [3.8, 4) is 17.0 Å². The Morgan fingerprint density at radius 3 is 2.46 bits per heavy atom. The van der Waals surface area contributed by atoms with E-state index in [2.05, 4.69) is 54.1 Å². The Kier molecular flexibility index (Phi) is 6.58. The zero-order valence-electron chi connectivity index (χ0n) is 20.4. The molecule has 4 aromatic rings. The minimum atomic E-state index is -0.782. The highest BCUT2D eigenvalue weighted by Crippen LogP contribution is 2.36. The Labute approximate surface area is 206 Å². The van der Waals surface area contributed by atoms with Crippen LogP contribution in [-0.4, -0.2) is 20.9 Å². The number of aliphatic carboxylic acids is 1. The predicted octanol–water partition coefficient (Wildman–Crippen LogP) is 7.28. The zero-order chi connectivity index (χ0) is 24.4. The van der Waals surface area contributed by atoms with Crippen LogP contribution in [0.2, 0.25) is 0 Å². The fourth-order valence-corrected chi connectivity index (χ4v) is 5.06. The lowest BCUT2D eigenvalue weighted by molar-refractivity contribution is -0.137. The molecule has 1 N–H and O–H groups in total. The van der Waals surface area contributed by atoms with Gasteiger partial charge in [0.15, 0.2) is 0 Å². The maximum absolute atomic E-state index is 11.0. The molecule has 1 aliphatic carbocycles. The molecule has 5 rings (SSSR count). The van der Waals surface area contributed by atoms with Crippen molar-refractivity contribution in [2.24, 2.45) is 0 Å². The van der Waals surface area contributed by atoms with E-state index in [9.17, 15) is 4.79 Å². The maximum atomic E-state index is 11.0. The van der Waals surface area contributed by atoms with Crippen molar-refractivity contribution in [2.75, 3.05) is 0 Å². The lowest BCUT2D eigenvalue weighted by atomic mass is 9.98. The normalized spacial score (nSPS) is 14.9. The number of carboxylic acid groups (broad SMARTS) is 1. The van der Waals surface area contributed by atoms with Crippen molar-refractivity contribution < 1.29 is 14.6 Å². The number of aromatic nitrogens is 2. The van der Waals surface area contributed by atoms with Crippen molar-refractivity contribution in [3.63, 3.8) is 0 Å². The quantitative estimate of drug-likeness (QED) is 0.295. The average Bonchev–Trinajstić information content (AvgIpc) is 3.51. The molecule has 1 aromatic heterocycles. The van der Waals surface area contributed by atoms with Crippen LogP contribution >= 0.6 is 0 Å². The Balaban J connectivity index is 1.39. The second-order valence-corrected chi connectivity index (χ2v) is 9.81. The van der Waals surface area contributed by atoms with Gasteiger partial charge in [-0.2, -0.15) is 5.10 Å². The first-order valence-corrected chi connectivity index (χ1v) is 12.5. The molecule has 0 bridgehead atoms. The molecule has 1 unspecified atom stereocenters. The molecule has 0 amide bonds. The number of ether oxygens (including phenoxy) is 1. The molecular weight excluding hydrogens is 436 g/mol. The summed E-state index contributed by atoms with van der Waals surface area (Å²) >= 11 is 0. The monoisotopic (exact) mass is 468 g/mol. The number of rotatable bonds is 8. The standard InChI is InChI=1S/C30H32N2O3/c1-20-7-10-24(11-8-20)30-27-16-9-22(18-28(27)32(31-30)25-5-3-4-6-25)19-35-26-14-12-23(13-15-26)21(2)17-29(33)34/h7-16,18,21,25H,3-6,17,19H2,1-2H3,(H,33,34). The average molecular weight is 469 g/mol. The van der Waals surface area contributed by atoms with Crippen molar-refractivity contribution in [2.45, 2.75) is 64.5 Å². The lowest BCUT2D eigenvalue weighted by Crippen LogP contribution is -2.06. The molecule has 1 fully saturated rings. The van der Waals surface area contributed by atoms with E-state index in [0.29, 0.717) is 12.6 Å². The summed E-state index contributed by atoms with van der Waals surface area (Å²) in [5.74, 6) is -0.0285.